The van der Waals surface area contributed by atoms with E-state index in [9.17, 15) is 4.79 Å². The Morgan fingerprint density at radius 3 is 2.60 bits per heavy atom. The maximum absolute atomic E-state index is 10.2. The second-order valence-electron chi connectivity index (χ2n) is 2.52. The van der Waals surface area contributed by atoms with E-state index in [4.69, 9.17) is 9.84 Å². The molecule has 0 aromatic heterocycles. The van der Waals surface area contributed by atoms with Crippen molar-refractivity contribution in [3.05, 3.63) is 12.2 Å². The van der Waals surface area contributed by atoms with Gasteiger partial charge in [-0.3, -0.25) is 0 Å². The highest BCUT2D eigenvalue weighted by Gasteiger charge is 2.20. The Labute approximate surface area is 59.3 Å². The van der Waals surface area contributed by atoms with Crippen LogP contribution in [0.4, 0.5) is 0 Å². The Balaban J connectivity index is 2.23. The van der Waals surface area contributed by atoms with Gasteiger partial charge in [-0.25, -0.2) is 4.79 Å². The van der Waals surface area contributed by atoms with E-state index in [1.165, 1.54) is 0 Å². The Kier molecular flexibility index (Phi) is 2.06. The minimum absolute atomic E-state index is 0.285. The zero-order valence-corrected chi connectivity index (χ0v) is 5.67. The largest absolute Gasteiger partial charge is 0.478 e. The molecule has 1 aliphatic rings. The highest BCUT2D eigenvalue weighted by Crippen LogP contribution is 2.18. The molecule has 10 heavy (non-hydrogen) atoms. The third-order valence-electron chi connectivity index (χ3n) is 1.54. The summed E-state index contributed by atoms with van der Waals surface area (Å²) in [6.07, 6.45) is 0.565. The second-order valence-corrected chi connectivity index (χ2v) is 2.52. The fourth-order valence-electron chi connectivity index (χ4n) is 0.838. The van der Waals surface area contributed by atoms with Gasteiger partial charge in [0.15, 0.2) is 0 Å². The van der Waals surface area contributed by atoms with Gasteiger partial charge in [0.1, 0.15) is 0 Å². The molecule has 1 N–H and O–H groups in total. The first-order valence-corrected chi connectivity index (χ1v) is 3.19. The molecule has 0 aliphatic carbocycles. The molecule has 3 nitrogen and oxygen atoms in total. The predicted octanol–water partition coefficient (Wildman–Crippen LogP) is 0.664. The average Bonchev–Trinajstić information content (AvgIpc) is 1.77. The maximum atomic E-state index is 10.2. The van der Waals surface area contributed by atoms with Gasteiger partial charge >= 0.3 is 5.97 Å². The van der Waals surface area contributed by atoms with Crippen molar-refractivity contribution >= 4 is 5.97 Å². The molecule has 1 fully saturated rings. The topological polar surface area (TPSA) is 46.5 Å². The Morgan fingerprint density at radius 2 is 2.30 bits per heavy atom. The van der Waals surface area contributed by atoms with Crippen LogP contribution in [0.1, 0.15) is 6.42 Å². The van der Waals surface area contributed by atoms with Crippen LogP contribution in [0, 0.1) is 5.92 Å². The number of ether oxygens (including phenoxy) is 1. The van der Waals surface area contributed by atoms with Crippen molar-refractivity contribution < 1.29 is 14.6 Å². The minimum Gasteiger partial charge on any atom is -0.478 e. The van der Waals surface area contributed by atoms with Gasteiger partial charge in [-0.2, -0.15) is 0 Å². The third kappa shape index (κ3) is 1.57. The highest BCUT2D eigenvalue weighted by atomic mass is 16.5. The van der Waals surface area contributed by atoms with E-state index in [0.717, 1.165) is 0 Å². The minimum atomic E-state index is -0.896. The molecule has 0 radical (unpaired) electrons. The molecular weight excluding hydrogens is 132 g/mol. The number of carboxylic acids is 1. The molecule has 0 unspecified atom stereocenters. The van der Waals surface area contributed by atoms with Crippen molar-refractivity contribution in [3.63, 3.8) is 0 Å². The lowest BCUT2D eigenvalue weighted by atomic mass is 9.99. The van der Waals surface area contributed by atoms with Crippen molar-refractivity contribution in [1.82, 2.24) is 0 Å². The molecule has 0 aromatic carbocycles. The number of hydrogen-bond donors (Lipinski definition) is 1. The molecule has 56 valence electrons. The summed E-state index contributed by atoms with van der Waals surface area (Å²) >= 11 is 0. The molecule has 0 amide bonds. The van der Waals surface area contributed by atoms with E-state index in [1.807, 2.05) is 0 Å². The fraction of sp³-hybridized carbons (Fsp3) is 0.571. The standard InChI is InChI=1S/C7H10O3/c1-5(7(8)9)2-6-3-10-4-6/h6H,1-4H2,(H,8,9). The molecule has 0 aromatic rings. The number of aliphatic carboxylic acids is 1. The zero-order valence-electron chi connectivity index (χ0n) is 5.67. The number of carbonyl (C=O) groups is 1. The van der Waals surface area contributed by atoms with E-state index in [1.54, 1.807) is 0 Å². The average molecular weight is 142 g/mol. The van der Waals surface area contributed by atoms with Gasteiger partial charge in [-0.1, -0.05) is 6.58 Å². The lowest BCUT2D eigenvalue weighted by Crippen LogP contribution is -2.28. The predicted molar refractivity (Wildman–Crippen MR) is 35.7 cm³/mol. The summed E-state index contributed by atoms with van der Waals surface area (Å²) in [4.78, 5) is 10.2. The smallest absolute Gasteiger partial charge is 0.330 e. The zero-order chi connectivity index (χ0) is 7.56. The molecule has 3 heteroatoms. The first-order valence-electron chi connectivity index (χ1n) is 3.19. The van der Waals surface area contributed by atoms with Crippen molar-refractivity contribution in [3.8, 4) is 0 Å². The van der Waals surface area contributed by atoms with Gasteiger partial charge < -0.3 is 9.84 Å². The lowest BCUT2D eigenvalue weighted by molar-refractivity contribution is -0.133. The molecule has 0 saturated carbocycles. The number of rotatable bonds is 3. The van der Waals surface area contributed by atoms with Crippen molar-refractivity contribution in [1.29, 1.82) is 0 Å². The van der Waals surface area contributed by atoms with Crippen LogP contribution in [0.15, 0.2) is 12.2 Å². The summed E-state index contributed by atoms with van der Waals surface area (Å²) in [5, 5.41) is 8.41. The van der Waals surface area contributed by atoms with Crippen molar-refractivity contribution in [2.75, 3.05) is 13.2 Å². The van der Waals surface area contributed by atoms with Gasteiger partial charge in [-0.15, -0.1) is 0 Å². The van der Waals surface area contributed by atoms with Gasteiger partial charge in [0.25, 0.3) is 0 Å². The molecule has 0 atom stereocenters. The Bertz CT molecular complexity index is 158. The van der Waals surface area contributed by atoms with Crippen molar-refractivity contribution in [2.45, 2.75) is 6.42 Å². The van der Waals surface area contributed by atoms with Crippen LogP contribution in [0.2, 0.25) is 0 Å². The van der Waals surface area contributed by atoms with E-state index in [0.29, 0.717) is 25.6 Å². The van der Waals surface area contributed by atoms with E-state index in [-0.39, 0.29) is 5.57 Å². The SMILES string of the molecule is C=C(CC1COC1)C(=O)O. The first-order chi connectivity index (χ1) is 4.70. The number of hydrogen-bond acceptors (Lipinski definition) is 2. The van der Waals surface area contributed by atoms with Crippen LogP contribution in [0.3, 0.4) is 0 Å². The van der Waals surface area contributed by atoms with Crippen LogP contribution < -0.4 is 0 Å². The van der Waals surface area contributed by atoms with E-state index >= 15 is 0 Å². The van der Waals surface area contributed by atoms with Gasteiger partial charge in [0, 0.05) is 11.5 Å². The van der Waals surface area contributed by atoms with Crippen molar-refractivity contribution in [2.24, 2.45) is 5.92 Å². The third-order valence-corrected chi connectivity index (χ3v) is 1.54. The second kappa shape index (κ2) is 2.84. The molecule has 1 heterocycles. The summed E-state index contributed by atoms with van der Waals surface area (Å²) in [5.41, 5.74) is 0.285. The summed E-state index contributed by atoms with van der Waals surface area (Å²) < 4.78 is 4.88. The van der Waals surface area contributed by atoms with Crippen LogP contribution in [-0.4, -0.2) is 24.3 Å². The highest BCUT2D eigenvalue weighted by molar-refractivity contribution is 5.85. The Morgan fingerprint density at radius 1 is 1.70 bits per heavy atom. The van der Waals surface area contributed by atoms with Crippen LogP contribution >= 0.6 is 0 Å². The lowest BCUT2D eigenvalue weighted by Gasteiger charge is -2.25. The number of carboxylic acid groups (broad SMARTS) is 1. The van der Waals surface area contributed by atoms with Gasteiger partial charge in [0.05, 0.1) is 13.2 Å². The summed E-state index contributed by atoms with van der Waals surface area (Å²) in [6.45, 7) is 4.79. The molecule has 1 rings (SSSR count). The van der Waals surface area contributed by atoms with Crippen LogP contribution in [0.5, 0.6) is 0 Å². The molecule has 0 bridgehead atoms. The van der Waals surface area contributed by atoms with E-state index < -0.39 is 5.97 Å². The summed E-state index contributed by atoms with van der Waals surface area (Å²) in [7, 11) is 0. The van der Waals surface area contributed by atoms with E-state index in [2.05, 4.69) is 6.58 Å². The monoisotopic (exact) mass is 142 g/mol. The molecule has 0 spiro atoms. The molecule has 1 aliphatic heterocycles. The quantitative estimate of drug-likeness (QED) is 0.589. The molecule has 1 saturated heterocycles. The summed E-state index contributed by atoms with van der Waals surface area (Å²) in [5.74, 6) is -0.504. The van der Waals surface area contributed by atoms with Gasteiger partial charge in [-0.05, 0) is 6.42 Å². The summed E-state index contributed by atoms with van der Waals surface area (Å²) in [6, 6.07) is 0. The molecular formula is C7H10O3. The Hall–Kier alpha value is -0.830. The fourth-order valence-corrected chi connectivity index (χ4v) is 0.838. The normalized spacial score (nSPS) is 18.0. The van der Waals surface area contributed by atoms with Gasteiger partial charge in [0.2, 0.25) is 0 Å². The first kappa shape index (κ1) is 7.28. The van der Waals surface area contributed by atoms with Crippen LogP contribution in [0.25, 0.3) is 0 Å². The van der Waals surface area contributed by atoms with Crippen LogP contribution in [-0.2, 0) is 9.53 Å². The maximum Gasteiger partial charge on any atom is 0.330 e.